The van der Waals surface area contributed by atoms with Gasteiger partial charge in [-0.1, -0.05) is 0 Å². The predicted molar refractivity (Wildman–Crippen MR) is 70.6 cm³/mol. The smallest absolute Gasteiger partial charge is 0.453 e. The fourth-order valence-electron chi connectivity index (χ4n) is 1.89. The van der Waals surface area contributed by atoms with E-state index in [4.69, 9.17) is 0 Å². The van der Waals surface area contributed by atoms with Gasteiger partial charge in [-0.05, 0) is 18.2 Å². The highest BCUT2D eigenvalue weighted by atomic mass is 19.4. The van der Waals surface area contributed by atoms with Crippen molar-refractivity contribution < 1.29 is 31.1 Å². The maximum absolute atomic E-state index is 12.8. The van der Waals surface area contributed by atoms with Crippen molar-refractivity contribution in [1.29, 1.82) is 0 Å². The van der Waals surface area contributed by atoms with Crippen LogP contribution in [0.3, 0.4) is 0 Å². The van der Waals surface area contributed by atoms with Crippen LogP contribution < -0.4 is 4.74 Å². The molecule has 0 fully saturated rings. The lowest BCUT2D eigenvalue weighted by atomic mass is 10.2. The molecule has 132 valence electrons. The van der Waals surface area contributed by atoms with E-state index in [0.717, 1.165) is 12.3 Å². The molecule has 3 aromatic heterocycles. The molecule has 6 nitrogen and oxygen atoms in total. The normalized spacial score (nSPS) is 12.6. The van der Waals surface area contributed by atoms with E-state index in [2.05, 4.69) is 25.0 Å². The SMILES string of the molecule is FC(F)(F)COc1ccc(-c2ccc3nnc(C(F)(F)F)n3n2)cn1. The minimum atomic E-state index is -4.74. The number of hydrogen-bond acceptors (Lipinski definition) is 5. The van der Waals surface area contributed by atoms with Crippen LogP contribution in [-0.4, -0.2) is 37.6 Å². The van der Waals surface area contributed by atoms with Crippen LogP contribution in [0.4, 0.5) is 26.3 Å². The van der Waals surface area contributed by atoms with Gasteiger partial charge in [-0.2, -0.15) is 36.0 Å². The highest BCUT2D eigenvalue weighted by molar-refractivity contribution is 5.59. The first-order valence-corrected chi connectivity index (χ1v) is 6.59. The molecule has 3 heterocycles. The molecule has 0 aliphatic heterocycles. The van der Waals surface area contributed by atoms with Crippen LogP contribution in [0.25, 0.3) is 16.9 Å². The van der Waals surface area contributed by atoms with Gasteiger partial charge in [0.2, 0.25) is 5.88 Å². The van der Waals surface area contributed by atoms with Crippen molar-refractivity contribution in [2.75, 3.05) is 6.61 Å². The van der Waals surface area contributed by atoms with E-state index in [1.165, 1.54) is 18.2 Å². The van der Waals surface area contributed by atoms with Crippen LogP contribution in [0.1, 0.15) is 5.82 Å². The van der Waals surface area contributed by atoms with Gasteiger partial charge < -0.3 is 4.74 Å². The van der Waals surface area contributed by atoms with E-state index in [1.54, 1.807) is 0 Å². The molecule has 0 unspecified atom stereocenters. The number of nitrogens with zero attached hydrogens (tertiary/aromatic N) is 5. The van der Waals surface area contributed by atoms with Gasteiger partial charge in [-0.25, -0.2) is 4.98 Å². The summed E-state index contributed by atoms with van der Waals surface area (Å²) in [6.07, 6.45) is -8.11. The zero-order valence-electron chi connectivity index (χ0n) is 12.0. The summed E-state index contributed by atoms with van der Waals surface area (Å²) in [4.78, 5) is 3.67. The van der Waals surface area contributed by atoms with Crippen LogP contribution in [0.15, 0.2) is 30.5 Å². The molecule has 3 aromatic rings. The second-order valence-corrected chi connectivity index (χ2v) is 4.80. The molecule has 0 aliphatic rings. The third-order valence-corrected chi connectivity index (χ3v) is 2.93. The van der Waals surface area contributed by atoms with Crippen LogP contribution in [0.5, 0.6) is 5.88 Å². The van der Waals surface area contributed by atoms with Crippen molar-refractivity contribution in [2.45, 2.75) is 12.4 Å². The van der Waals surface area contributed by atoms with E-state index in [1.807, 2.05) is 0 Å². The largest absolute Gasteiger partial charge is 0.468 e. The average molecular weight is 363 g/mol. The topological polar surface area (TPSA) is 65.2 Å². The summed E-state index contributed by atoms with van der Waals surface area (Å²) in [5.41, 5.74) is 0.282. The molecule has 0 saturated heterocycles. The molecular formula is C13H7F6N5O. The third-order valence-electron chi connectivity index (χ3n) is 2.93. The summed E-state index contributed by atoms with van der Waals surface area (Å²) in [6, 6.07) is 5.14. The molecule has 0 bridgehead atoms. The Balaban J connectivity index is 1.89. The Bertz CT molecular complexity index is 887. The standard InChI is InChI=1S/C13H7F6N5O/c14-12(15,16)6-25-10-4-1-7(5-20-10)8-2-3-9-21-22-11(13(17,18)19)24(9)23-8/h1-5H,6H2. The number of hydrogen-bond donors (Lipinski definition) is 0. The van der Waals surface area contributed by atoms with Crippen LogP contribution in [0.2, 0.25) is 0 Å². The van der Waals surface area contributed by atoms with E-state index >= 15 is 0 Å². The molecule has 12 heteroatoms. The Hall–Kier alpha value is -2.92. The first kappa shape index (κ1) is 16.9. The van der Waals surface area contributed by atoms with Crippen LogP contribution >= 0.6 is 0 Å². The van der Waals surface area contributed by atoms with Crippen molar-refractivity contribution in [3.63, 3.8) is 0 Å². The van der Waals surface area contributed by atoms with Gasteiger partial charge in [0.25, 0.3) is 5.82 Å². The maximum Gasteiger partial charge on any atom is 0.453 e. The zero-order valence-corrected chi connectivity index (χ0v) is 12.0. The number of alkyl halides is 6. The Morgan fingerprint density at radius 3 is 2.32 bits per heavy atom. The predicted octanol–water partition coefficient (Wildman–Crippen LogP) is 3.15. The summed E-state index contributed by atoms with van der Waals surface area (Å²) < 4.78 is 79.7. The van der Waals surface area contributed by atoms with Crippen molar-refractivity contribution >= 4 is 5.65 Å². The van der Waals surface area contributed by atoms with Gasteiger partial charge in [0.05, 0.1) is 5.69 Å². The summed E-state index contributed by atoms with van der Waals surface area (Å²) in [5, 5.41) is 10.2. The Morgan fingerprint density at radius 2 is 1.72 bits per heavy atom. The number of pyridine rings is 1. The number of halogens is 6. The van der Waals surface area contributed by atoms with Crippen molar-refractivity contribution in [3.05, 3.63) is 36.3 Å². The monoisotopic (exact) mass is 363 g/mol. The molecule has 0 N–H and O–H groups in total. The molecule has 0 aromatic carbocycles. The minimum Gasteiger partial charge on any atom is -0.468 e. The van der Waals surface area contributed by atoms with Crippen LogP contribution in [-0.2, 0) is 6.18 Å². The molecule has 0 spiro atoms. The molecule has 0 radical (unpaired) electrons. The van der Waals surface area contributed by atoms with Gasteiger partial charge in [0.1, 0.15) is 0 Å². The summed E-state index contributed by atoms with van der Waals surface area (Å²) >= 11 is 0. The second kappa shape index (κ2) is 5.86. The Morgan fingerprint density at radius 1 is 0.960 bits per heavy atom. The lowest BCUT2D eigenvalue weighted by molar-refractivity contribution is -0.154. The van der Waals surface area contributed by atoms with E-state index in [-0.39, 0.29) is 22.8 Å². The van der Waals surface area contributed by atoms with Gasteiger partial charge >= 0.3 is 12.4 Å². The highest BCUT2D eigenvalue weighted by Gasteiger charge is 2.37. The quantitative estimate of drug-likeness (QED) is 0.669. The van der Waals surface area contributed by atoms with E-state index in [9.17, 15) is 26.3 Å². The summed E-state index contributed by atoms with van der Waals surface area (Å²) in [6.45, 7) is -1.50. The number of aromatic nitrogens is 5. The fraction of sp³-hybridized carbons (Fsp3) is 0.231. The van der Waals surface area contributed by atoms with Gasteiger partial charge in [-0.15, -0.1) is 10.2 Å². The Kier molecular flexibility index (Phi) is 3.97. The molecular weight excluding hydrogens is 356 g/mol. The van der Waals surface area contributed by atoms with Crippen LogP contribution in [0, 0.1) is 0 Å². The lowest BCUT2D eigenvalue weighted by Gasteiger charge is -2.09. The summed E-state index contributed by atoms with van der Waals surface area (Å²) in [5.74, 6) is -1.56. The molecule has 3 rings (SSSR count). The second-order valence-electron chi connectivity index (χ2n) is 4.80. The van der Waals surface area contributed by atoms with Gasteiger partial charge in [0, 0.05) is 17.8 Å². The van der Waals surface area contributed by atoms with E-state index < -0.39 is 24.8 Å². The molecule has 0 saturated carbocycles. The lowest BCUT2D eigenvalue weighted by Crippen LogP contribution is -2.19. The number of ether oxygens (including phenoxy) is 1. The zero-order chi connectivity index (χ0) is 18.2. The summed E-state index contributed by atoms with van der Waals surface area (Å²) in [7, 11) is 0. The molecule has 0 aliphatic carbocycles. The minimum absolute atomic E-state index is 0.103. The highest BCUT2D eigenvalue weighted by Crippen LogP contribution is 2.28. The molecule has 25 heavy (non-hydrogen) atoms. The van der Waals surface area contributed by atoms with Gasteiger partial charge in [-0.3, -0.25) is 0 Å². The number of rotatable bonds is 3. The Labute approximate surface area is 135 Å². The van der Waals surface area contributed by atoms with E-state index in [0.29, 0.717) is 4.52 Å². The van der Waals surface area contributed by atoms with Crippen molar-refractivity contribution in [3.8, 4) is 17.1 Å². The molecule has 0 amide bonds. The fourth-order valence-corrected chi connectivity index (χ4v) is 1.89. The average Bonchev–Trinajstić information content (AvgIpc) is 2.96. The van der Waals surface area contributed by atoms with Gasteiger partial charge in [0.15, 0.2) is 12.3 Å². The first-order chi connectivity index (χ1) is 11.6. The van der Waals surface area contributed by atoms with Crippen molar-refractivity contribution in [2.24, 2.45) is 0 Å². The maximum atomic E-state index is 12.8. The third kappa shape index (κ3) is 3.78. The first-order valence-electron chi connectivity index (χ1n) is 6.59. The number of fused-ring (bicyclic) bond motifs is 1. The molecule has 0 atom stereocenters. The van der Waals surface area contributed by atoms with Crippen molar-refractivity contribution in [1.82, 2.24) is 24.8 Å².